The molecule has 1 N–H and O–H groups in total. The summed E-state index contributed by atoms with van der Waals surface area (Å²) in [6.07, 6.45) is 4.94. The normalized spacial score (nSPS) is 16.0. The highest BCUT2D eigenvalue weighted by molar-refractivity contribution is 5.54. The topological polar surface area (TPSA) is 45.8 Å². The van der Waals surface area contributed by atoms with Crippen LogP contribution < -0.4 is 5.56 Å². The van der Waals surface area contributed by atoms with Crippen LogP contribution >= 0.6 is 0 Å². The first-order valence-electron chi connectivity index (χ1n) is 9.03. The van der Waals surface area contributed by atoms with Gasteiger partial charge >= 0.3 is 0 Å². The zero-order chi connectivity index (χ0) is 17.1. The van der Waals surface area contributed by atoms with Crippen LogP contribution in [0.2, 0.25) is 0 Å². The molecule has 0 bridgehead atoms. The number of hydrogen-bond acceptors (Lipinski definition) is 2. The van der Waals surface area contributed by atoms with Gasteiger partial charge in [-0.15, -0.1) is 0 Å². The largest absolute Gasteiger partial charge is 0.307 e. The lowest BCUT2D eigenvalue weighted by molar-refractivity contribution is 0.475. The summed E-state index contributed by atoms with van der Waals surface area (Å²) < 4.78 is 0. The number of rotatable bonds is 4. The molecule has 1 saturated carbocycles. The Balaban J connectivity index is 1.82. The second kappa shape index (κ2) is 7.06. The van der Waals surface area contributed by atoms with E-state index >= 15 is 0 Å². The van der Waals surface area contributed by atoms with E-state index in [0.717, 1.165) is 11.3 Å². The molecule has 0 spiro atoms. The maximum atomic E-state index is 12.3. The van der Waals surface area contributed by atoms with Crippen molar-refractivity contribution in [1.29, 1.82) is 0 Å². The van der Waals surface area contributed by atoms with Gasteiger partial charge in [0.2, 0.25) is 0 Å². The third-order valence-corrected chi connectivity index (χ3v) is 5.16. The average Bonchev–Trinajstić information content (AvgIpc) is 3.17. The quantitative estimate of drug-likeness (QED) is 0.749. The zero-order valence-electron chi connectivity index (χ0n) is 14.2. The number of aromatic amines is 1. The molecule has 1 aliphatic rings. The lowest BCUT2D eigenvalue weighted by Crippen LogP contribution is -2.18. The fourth-order valence-corrected chi connectivity index (χ4v) is 4.00. The standard InChI is InChI=1S/C22H22N2O/c25-20-15-19(23-22(24-20)18-13-5-2-6-14-18)21(17-11-7-8-12-17)16-9-3-1-4-10-16/h1-6,9-10,13-15,17,21H,7-8,11-12H2,(H,23,24,25). The lowest BCUT2D eigenvalue weighted by Gasteiger charge is -2.23. The molecular formula is C22H22N2O. The first kappa shape index (κ1) is 15.8. The van der Waals surface area contributed by atoms with Crippen molar-refractivity contribution in [3.05, 3.63) is 88.3 Å². The summed E-state index contributed by atoms with van der Waals surface area (Å²) in [4.78, 5) is 20.1. The minimum Gasteiger partial charge on any atom is -0.307 e. The second-order valence-electron chi connectivity index (χ2n) is 6.82. The molecule has 3 aromatic rings. The van der Waals surface area contributed by atoms with Crippen molar-refractivity contribution >= 4 is 0 Å². The first-order valence-corrected chi connectivity index (χ1v) is 9.03. The van der Waals surface area contributed by atoms with Crippen LogP contribution in [0.25, 0.3) is 11.4 Å². The van der Waals surface area contributed by atoms with Crippen molar-refractivity contribution in [3.63, 3.8) is 0 Å². The van der Waals surface area contributed by atoms with Gasteiger partial charge in [0.1, 0.15) is 5.82 Å². The third-order valence-electron chi connectivity index (χ3n) is 5.16. The van der Waals surface area contributed by atoms with Crippen molar-refractivity contribution in [1.82, 2.24) is 9.97 Å². The molecule has 1 heterocycles. The van der Waals surface area contributed by atoms with Crippen LogP contribution in [0, 0.1) is 5.92 Å². The molecular weight excluding hydrogens is 308 g/mol. The Morgan fingerprint density at radius 3 is 2.24 bits per heavy atom. The molecule has 0 radical (unpaired) electrons. The monoisotopic (exact) mass is 330 g/mol. The van der Waals surface area contributed by atoms with Gasteiger partial charge in [-0.05, 0) is 24.3 Å². The maximum absolute atomic E-state index is 12.3. The highest BCUT2D eigenvalue weighted by atomic mass is 16.1. The molecule has 2 aromatic carbocycles. The molecule has 3 nitrogen and oxygen atoms in total. The predicted molar refractivity (Wildman–Crippen MR) is 101 cm³/mol. The number of aromatic nitrogens is 2. The van der Waals surface area contributed by atoms with E-state index in [1.807, 2.05) is 36.4 Å². The summed E-state index contributed by atoms with van der Waals surface area (Å²) >= 11 is 0. The molecule has 0 amide bonds. The van der Waals surface area contributed by atoms with Crippen molar-refractivity contribution < 1.29 is 0 Å². The molecule has 4 rings (SSSR count). The maximum Gasteiger partial charge on any atom is 0.251 e. The van der Waals surface area contributed by atoms with Crippen molar-refractivity contribution in [2.75, 3.05) is 0 Å². The number of nitrogens with one attached hydrogen (secondary N) is 1. The number of hydrogen-bond donors (Lipinski definition) is 1. The van der Waals surface area contributed by atoms with Crippen molar-refractivity contribution in [2.45, 2.75) is 31.6 Å². The van der Waals surface area contributed by atoms with Crippen molar-refractivity contribution in [2.24, 2.45) is 5.92 Å². The summed E-state index contributed by atoms with van der Waals surface area (Å²) in [5, 5.41) is 0. The number of benzene rings is 2. The Morgan fingerprint density at radius 1 is 0.920 bits per heavy atom. The highest BCUT2D eigenvalue weighted by Gasteiger charge is 2.29. The van der Waals surface area contributed by atoms with Gasteiger partial charge < -0.3 is 4.98 Å². The van der Waals surface area contributed by atoms with Gasteiger partial charge in [0.15, 0.2) is 0 Å². The second-order valence-corrected chi connectivity index (χ2v) is 6.82. The van der Waals surface area contributed by atoms with Crippen LogP contribution in [0.5, 0.6) is 0 Å². The van der Waals surface area contributed by atoms with Gasteiger partial charge in [-0.2, -0.15) is 0 Å². The molecule has 1 aliphatic carbocycles. The smallest absolute Gasteiger partial charge is 0.251 e. The molecule has 1 fully saturated rings. The first-order chi connectivity index (χ1) is 12.3. The Hall–Kier alpha value is -2.68. The molecule has 3 heteroatoms. The van der Waals surface area contributed by atoms with E-state index in [2.05, 4.69) is 29.2 Å². The molecule has 0 aliphatic heterocycles. The van der Waals surface area contributed by atoms with Crippen molar-refractivity contribution in [3.8, 4) is 11.4 Å². The fraction of sp³-hybridized carbons (Fsp3) is 0.273. The van der Waals surface area contributed by atoms with Gasteiger partial charge in [0.05, 0.1) is 5.69 Å². The summed E-state index contributed by atoms with van der Waals surface area (Å²) in [7, 11) is 0. The van der Waals surface area contributed by atoms with Crippen LogP contribution in [0.1, 0.15) is 42.9 Å². The SMILES string of the molecule is O=c1cc(C(c2ccccc2)C2CCCC2)nc(-c2ccccc2)[nH]1. The summed E-state index contributed by atoms with van der Waals surface area (Å²) in [5.41, 5.74) is 3.01. The molecule has 126 valence electrons. The van der Waals surface area contributed by atoms with Crippen LogP contribution in [0.4, 0.5) is 0 Å². The molecule has 0 saturated heterocycles. The summed E-state index contributed by atoms with van der Waals surface area (Å²) in [6, 6.07) is 22.0. The van der Waals surface area contributed by atoms with E-state index in [-0.39, 0.29) is 11.5 Å². The molecule has 25 heavy (non-hydrogen) atoms. The van der Waals surface area contributed by atoms with Gasteiger partial charge in [0.25, 0.3) is 5.56 Å². The predicted octanol–water partition coefficient (Wildman–Crippen LogP) is 4.76. The van der Waals surface area contributed by atoms with E-state index in [9.17, 15) is 4.79 Å². The Bertz CT molecular complexity index is 881. The molecule has 1 atom stereocenters. The van der Waals surface area contributed by atoms with Gasteiger partial charge in [0, 0.05) is 17.5 Å². The Morgan fingerprint density at radius 2 is 1.56 bits per heavy atom. The van der Waals surface area contributed by atoms with E-state index in [1.165, 1.54) is 31.2 Å². The Kier molecular flexibility index (Phi) is 4.47. The number of H-pyrrole nitrogens is 1. The highest BCUT2D eigenvalue weighted by Crippen LogP contribution is 2.40. The fourth-order valence-electron chi connectivity index (χ4n) is 4.00. The van der Waals surface area contributed by atoms with Gasteiger partial charge in [-0.1, -0.05) is 73.5 Å². The van der Waals surface area contributed by atoms with Gasteiger partial charge in [-0.3, -0.25) is 4.79 Å². The van der Waals surface area contributed by atoms with Crippen LogP contribution in [0.15, 0.2) is 71.5 Å². The molecule has 1 aromatic heterocycles. The molecule has 1 unspecified atom stereocenters. The number of nitrogens with zero attached hydrogens (tertiary/aromatic N) is 1. The lowest BCUT2D eigenvalue weighted by atomic mass is 9.82. The van der Waals surface area contributed by atoms with Crippen LogP contribution in [-0.4, -0.2) is 9.97 Å². The van der Waals surface area contributed by atoms with Crippen LogP contribution in [0.3, 0.4) is 0 Å². The van der Waals surface area contributed by atoms with Crippen LogP contribution in [-0.2, 0) is 0 Å². The Labute approximate surface area is 147 Å². The summed E-state index contributed by atoms with van der Waals surface area (Å²) in [5.74, 6) is 1.40. The zero-order valence-corrected chi connectivity index (χ0v) is 14.2. The van der Waals surface area contributed by atoms with Gasteiger partial charge in [-0.25, -0.2) is 4.98 Å². The minimum atomic E-state index is -0.0808. The summed E-state index contributed by atoms with van der Waals surface area (Å²) in [6.45, 7) is 0. The van der Waals surface area contributed by atoms with E-state index in [4.69, 9.17) is 4.98 Å². The minimum absolute atomic E-state index is 0.0808. The van der Waals surface area contributed by atoms with E-state index in [1.54, 1.807) is 6.07 Å². The van der Waals surface area contributed by atoms with E-state index < -0.39 is 0 Å². The van der Waals surface area contributed by atoms with E-state index in [0.29, 0.717) is 11.7 Å². The third kappa shape index (κ3) is 3.41. The average molecular weight is 330 g/mol.